The maximum absolute atomic E-state index is 14.0. The van der Waals surface area contributed by atoms with E-state index in [0.29, 0.717) is 30.7 Å². The summed E-state index contributed by atoms with van der Waals surface area (Å²) < 4.78 is 14.0. The number of carbonyl (C=O) groups is 2. The zero-order valence-corrected chi connectivity index (χ0v) is 15.3. The highest BCUT2D eigenvalue weighted by Gasteiger charge is 2.25. The molecule has 0 bridgehead atoms. The van der Waals surface area contributed by atoms with Crippen LogP contribution in [0.3, 0.4) is 0 Å². The molecule has 2 heterocycles. The van der Waals surface area contributed by atoms with E-state index in [1.165, 1.54) is 12.1 Å². The van der Waals surface area contributed by atoms with E-state index in [4.69, 9.17) is 0 Å². The zero-order valence-electron chi connectivity index (χ0n) is 15.3. The van der Waals surface area contributed by atoms with Crippen molar-refractivity contribution in [1.82, 2.24) is 9.88 Å². The molecule has 3 aromatic rings. The van der Waals surface area contributed by atoms with Gasteiger partial charge in [-0.05, 0) is 23.8 Å². The van der Waals surface area contributed by atoms with Gasteiger partial charge in [0.05, 0.1) is 11.9 Å². The fourth-order valence-corrected chi connectivity index (χ4v) is 3.67. The van der Waals surface area contributed by atoms with Crippen LogP contribution >= 0.6 is 0 Å². The molecule has 1 aliphatic heterocycles. The molecule has 0 spiro atoms. The Labute approximate surface area is 161 Å². The molecule has 6 heteroatoms. The van der Waals surface area contributed by atoms with Crippen LogP contribution in [0.15, 0.2) is 55.1 Å². The molecule has 142 valence electrons. The summed E-state index contributed by atoms with van der Waals surface area (Å²) in [4.78, 5) is 29.5. The Morgan fingerprint density at radius 2 is 2.04 bits per heavy atom. The summed E-state index contributed by atoms with van der Waals surface area (Å²) in [5.74, 6) is -0.628. The summed E-state index contributed by atoms with van der Waals surface area (Å²) >= 11 is 0. The second kappa shape index (κ2) is 7.31. The minimum absolute atomic E-state index is 0.0308. The lowest BCUT2D eigenvalue weighted by atomic mass is 10.0. The molecule has 2 N–H and O–H groups in total. The number of fused-ring (bicyclic) bond motifs is 3. The second-order valence-electron chi connectivity index (χ2n) is 6.84. The normalized spacial score (nSPS) is 13.2. The Bertz CT molecular complexity index is 1090. The van der Waals surface area contributed by atoms with E-state index in [9.17, 15) is 14.0 Å². The molecule has 28 heavy (non-hydrogen) atoms. The van der Waals surface area contributed by atoms with Crippen molar-refractivity contribution < 1.29 is 14.0 Å². The zero-order chi connectivity index (χ0) is 19.7. The molecule has 1 aromatic heterocycles. The molecule has 0 atom stereocenters. The lowest BCUT2D eigenvalue weighted by Crippen LogP contribution is -2.36. The first-order valence-corrected chi connectivity index (χ1v) is 9.14. The van der Waals surface area contributed by atoms with E-state index >= 15 is 0 Å². The Morgan fingerprint density at radius 3 is 2.86 bits per heavy atom. The van der Waals surface area contributed by atoms with Crippen molar-refractivity contribution in [2.45, 2.75) is 19.4 Å². The van der Waals surface area contributed by atoms with Gasteiger partial charge in [0.25, 0.3) is 0 Å². The molecule has 0 fully saturated rings. The number of hydrogen-bond acceptors (Lipinski definition) is 2. The highest BCUT2D eigenvalue weighted by atomic mass is 19.1. The van der Waals surface area contributed by atoms with Crippen molar-refractivity contribution >= 4 is 28.4 Å². The number of rotatable bonds is 4. The Kier molecular flexibility index (Phi) is 4.69. The molecule has 2 amide bonds. The average Bonchev–Trinajstić information content (AvgIpc) is 3.08. The molecule has 0 saturated heterocycles. The number of aromatic amines is 1. The Balaban J connectivity index is 1.55. The van der Waals surface area contributed by atoms with Gasteiger partial charge in [0.2, 0.25) is 11.8 Å². The quantitative estimate of drug-likeness (QED) is 0.683. The van der Waals surface area contributed by atoms with Crippen molar-refractivity contribution in [2.24, 2.45) is 0 Å². The summed E-state index contributed by atoms with van der Waals surface area (Å²) in [6.45, 7) is 4.47. The van der Waals surface area contributed by atoms with Gasteiger partial charge in [-0.25, -0.2) is 4.39 Å². The minimum Gasteiger partial charge on any atom is -0.356 e. The summed E-state index contributed by atoms with van der Waals surface area (Å²) in [5.41, 5.74) is 3.82. The number of benzene rings is 2. The van der Waals surface area contributed by atoms with E-state index in [0.717, 1.165) is 22.2 Å². The summed E-state index contributed by atoms with van der Waals surface area (Å²) in [7, 11) is 0. The van der Waals surface area contributed by atoms with Gasteiger partial charge in [-0.1, -0.05) is 36.9 Å². The van der Waals surface area contributed by atoms with Gasteiger partial charge < -0.3 is 15.2 Å². The SMILES string of the molecule is C=CC(=O)Nc1ccccc1CC(=O)N1CCc2[nH]c3c(F)cccc3c2C1. The van der Waals surface area contributed by atoms with Crippen molar-refractivity contribution in [2.75, 3.05) is 11.9 Å². The van der Waals surface area contributed by atoms with Crippen LogP contribution in [0.4, 0.5) is 10.1 Å². The highest BCUT2D eigenvalue weighted by molar-refractivity contribution is 5.99. The molecule has 2 aromatic carbocycles. The third kappa shape index (κ3) is 3.29. The predicted molar refractivity (Wildman–Crippen MR) is 106 cm³/mol. The molecule has 5 nitrogen and oxygen atoms in total. The van der Waals surface area contributed by atoms with Crippen molar-refractivity contribution in [1.29, 1.82) is 0 Å². The number of aromatic nitrogens is 1. The van der Waals surface area contributed by atoms with E-state index in [2.05, 4.69) is 16.9 Å². The van der Waals surface area contributed by atoms with Crippen LogP contribution < -0.4 is 5.32 Å². The second-order valence-corrected chi connectivity index (χ2v) is 6.84. The number of amides is 2. The third-order valence-corrected chi connectivity index (χ3v) is 5.11. The minimum atomic E-state index is -0.316. The van der Waals surface area contributed by atoms with Gasteiger partial charge in [0, 0.05) is 41.8 Å². The van der Waals surface area contributed by atoms with Crippen LogP contribution in [0, 0.1) is 5.82 Å². The lowest BCUT2D eigenvalue weighted by molar-refractivity contribution is -0.131. The average molecular weight is 377 g/mol. The van der Waals surface area contributed by atoms with Gasteiger partial charge in [0.1, 0.15) is 5.82 Å². The van der Waals surface area contributed by atoms with E-state index in [-0.39, 0.29) is 24.1 Å². The number of hydrogen-bond donors (Lipinski definition) is 2. The Morgan fingerprint density at radius 1 is 1.21 bits per heavy atom. The molecule has 0 radical (unpaired) electrons. The van der Waals surface area contributed by atoms with Crippen LogP contribution in [0.2, 0.25) is 0 Å². The van der Waals surface area contributed by atoms with Crippen LogP contribution in [-0.2, 0) is 29.0 Å². The monoisotopic (exact) mass is 377 g/mol. The number of nitrogens with one attached hydrogen (secondary N) is 2. The standard InChI is InChI=1S/C22H20FN3O2/c1-2-20(27)24-18-9-4-3-6-14(18)12-21(28)26-11-10-19-16(13-26)15-7-5-8-17(23)22(15)25-19/h2-9,25H,1,10-13H2,(H,24,27). The summed E-state index contributed by atoms with van der Waals surface area (Å²) in [5, 5.41) is 3.56. The number of anilines is 1. The molecule has 0 unspecified atom stereocenters. The lowest BCUT2D eigenvalue weighted by Gasteiger charge is -2.27. The number of H-pyrrole nitrogens is 1. The van der Waals surface area contributed by atoms with Gasteiger partial charge >= 0.3 is 0 Å². The number of nitrogens with zero attached hydrogens (tertiary/aromatic N) is 1. The fraction of sp³-hybridized carbons (Fsp3) is 0.182. The maximum Gasteiger partial charge on any atom is 0.247 e. The van der Waals surface area contributed by atoms with Gasteiger partial charge in [0.15, 0.2) is 0 Å². The van der Waals surface area contributed by atoms with Gasteiger partial charge in [-0.15, -0.1) is 0 Å². The molecule has 0 saturated carbocycles. The largest absolute Gasteiger partial charge is 0.356 e. The molecular formula is C22H20FN3O2. The number of halogens is 1. The van der Waals surface area contributed by atoms with Gasteiger partial charge in [-0.2, -0.15) is 0 Å². The molecule has 0 aliphatic carbocycles. The van der Waals surface area contributed by atoms with E-state index < -0.39 is 0 Å². The first kappa shape index (κ1) is 18.0. The number of carbonyl (C=O) groups excluding carboxylic acids is 2. The van der Waals surface area contributed by atoms with Crippen LogP contribution in [0.1, 0.15) is 16.8 Å². The van der Waals surface area contributed by atoms with Crippen LogP contribution in [-0.4, -0.2) is 28.2 Å². The first-order chi connectivity index (χ1) is 13.6. The summed E-state index contributed by atoms with van der Waals surface area (Å²) in [6.07, 6.45) is 2.03. The predicted octanol–water partition coefficient (Wildman–Crippen LogP) is 3.56. The fourth-order valence-electron chi connectivity index (χ4n) is 3.67. The molecule has 1 aliphatic rings. The maximum atomic E-state index is 14.0. The van der Waals surface area contributed by atoms with Crippen LogP contribution in [0.5, 0.6) is 0 Å². The van der Waals surface area contributed by atoms with E-state index in [1.807, 2.05) is 18.2 Å². The van der Waals surface area contributed by atoms with Crippen molar-refractivity contribution in [3.63, 3.8) is 0 Å². The van der Waals surface area contributed by atoms with Crippen molar-refractivity contribution in [3.05, 3.63) is 77.8 Å². The van der Waals surface area contributed by atoms with Crippen LogP contribution in [0.25, 0.3) is 10.9 Å². The number of para-hydroxylation sites is 2. The first-order valence-electron chi connectivity index (χ1n) is 9.14. The highest BCUT2D eigenvalue weighted by Crippen LogP contribution is 2.29. The molecule has 4 rings (SSSR count). The van der Waals surface area contributed by atoms with Gasteiger partial charge in [-0.3, -0.25) is 9.59 Å². The topological polar surface area (TPSA) is 65.2 Å². The van der Waals surface area contributed by atoms with E-state index in [1.54, 1.807) is 23.1 Å². The summed E-state index contributed by atoms with van der Waals surface area (Å²) in [6, 6.07) is 12.2. The third-order valence-electron chi connectivity index (χ3n) is 5.11. The Hall–Kier alpha value is -3.41. The van der Waals surface area contributed by atoms with Crippen molar-refractivity contribution in [3.8, 4) is 0 Å². The smallest absolute Gasteiger partial charge is 0.247 e. The molecular weight excluding hydrogens is 357 g/mol.